The molecule has 0 bridgehead atoms. The van der Waals surface area contributed by atoms with Gasteiger partial charge in [0.1, 0.15) is 5.82 Å². The lowest BCUT2D eigenvalue weighted by molar-refractivity contribution is -0.308. The lowest BCUT2D eigenvalue weighted by atomic mass is 9.85. The molecule has 1 aromatic heterocycles. The number of fused-ring (bicyclic) bond motifs is 1. The molecule has 0 radical (unpaired) electrons. The van der Waals surface area contributed by atoms with E-state index in [1.807, 2.05) is 0 Å². The second-order valence-corrected chi connectivity index (χ2v) is 9.50. The third-order valence-corrected chi connectivity index (χ3v) is 7.39. The second kappa shape index (κ2) is 8.58. The van der Waals surface area contributed by atoms with E-state index in [1.165, 1.54) is 12.1 Å². The molecule has 4 rings (SSSR count). The molecule has 1 spiro atoms. The maximum atomic E-state index is 13.5. The molecule has 5 nitrogen and oxygen atoms in total. The number of ether oxygens (including phenoxy) is 1. The lowest BCUT2D eigenvalue weighted by Crippen LogP contribution is -2.56. The topological polar surface area (TPSA) is 49.9 Å². The van der Waals surface area contributed by atoms with E-state index in [0.717, 1.165) is 16.2 Å². The van der Waals surface area contributed by atoms with E-state index in [4.69, 9.17) is 0 Å². The first-order valence-electron chi connectivity index (χ1n) is 10.4. The molecule has 3 heterocycles. The average molecular weight is 512 g/mol. The van der Waals surface area contributed by atoms with Crippen molar-refractivity contribution >= 4 is 33.4 Å². The zero-order valence-electron chi connectivity index (χ0n) is 17.5. The maximum absolute atomic E-state index is 13.5. The number of thiophene rings is 1. The summed E-state index contributed by atoms with van der Waals surface area (Å²) in [4.78, 5) is 28.2. The van der Waals surface area contributed by atoms with Gasteiger partial charge in [-0.2, -0.15) is 26.3 Å². The van der Waals surface area contributed by atoms with Crippen molar-refractivity contribution in [3.8, 4) is 0 Å². The van der Waals surface area contributed by atoms with Crippen LogP contribution in [0.3, 0.4) is 0 Å². The van der Waals surface area contributed by atoms with Gasteiger partial charge in [-0.3, -0.25) is 4.79 Å². The number of carbonyl (C=O) groups is 2. The Kier molecular flexibility index (Phi) is 6.19. The summed E-state index contributed by atoms with van der Waals surface area (Å²) in [6, 6.07) is 5.85. The minimum absolute atomic E-state index is 0.150. The smallest absolute Gasteiger partial charge is 0.426 e. The summed E-state index contributed by atoms with van der Waals surface area (Å²) in [5.74, 6) is -0.701. The number of hydrogen-bond acceptors (Lipinski definition) is 4. The molecule has 186 valence electrons. The van der Waals surface area contributed by atoms with Crippen LogP contribution in [0, 0.1) is 5.82 Å². The molecule has 0 unspecified atom stereocenters. The standard InChI is InChI=1S/C21H19F7N2O3S/c22-13-3-2-12-10-15(34-14(12)11-13)16(31)30-7-1-4-19(30)5-8-29(9-6-19)18(32)33-17(20(23,24)25)21(26,27)28/h2-3,10-11,17H,1,4-9H2. The van der Waals surface area contributed by atoms with Crippen LogP contribution in [-0.2, 0) is 4.74 Å². The molecule has 34 heavy (non-hydrogen) atoms. The van der Waals surface area contributed by atoms with Crippen molar-refractivity contribution in [3.63, 3.8) is 0 Å². The van der Waals surface area contributed by atoms with E-state index in [2.05, 4.69) is 4.74 Å². The largest absolute Gasteiger partial charge is 0.434 e. The monoisotopic (exact) mass is 512 g/mol. The summed E-state index contributed by atoms with van der Waals surface area (Å²) >= 11 is 1.14. The van der Waals surface area contributed by atoms with Gasteiger partial charge >= 0.3 is 18.4 Å². The van der Waals surface area contributed by atoms with Gasteiger partial charge in [0, 0.05) is 29.9 Å². The van der Waals surface area contributed by atoms with E-state index in [-0.39, 0.29) is 31.8 Å². The predicted molar refractivity (Wildman–Crippen MR) is 108 cm³/mol. The van der Waals surface area contributed by atoms with Crippen LogP contribution in [0.15, 0.2) is 24.3 Å². The fraction of sp³-hybridized carbons (Fsp3) is 0.524. The van der Waals surface area contributed by atoms with Crippen molar-refractivity contribution in [2.24, 2.45) is 0 Å². The molecule has 0 atom stereocenters. The molecule has 2 aliphatic heterocycles. The van der Waals surface area contributed by atoms with Gasteiger partial charge in [0.25, 0.3) is 12.0 Å². The lowest BCUT2D eigenvalue weighted by Gasteiger charge is -2.44. The first kappa shape index (κ1) is 24.6. The number of benzene rings is 1. The highest BCUT2D eigenvalue weighted by molar-refractivity contribution is 7.20. The highest BCUT2D eigenvalue weighted by Crippen LogP contribution is 2.41. The van der Waals surface area contributed by atoms with Gasteiger partial charge in [-0.1, -0.05) is 6.07 Å². The predicted octanol–water partition coefficient (Wildman–Crippen LogP) is 5.74. The number of rotatable bonds is 2. The maximum Gasteiger partial charge on any atom is 0.434 e. The molecule has 1 aromatic carbocycles. The van der Waals surface area contributed by atoms with Gasteiger partial charge in [0.15, 0.2) is 0 Å². The zero-order valence-corrected chi connectivity index (χ0v) is 18.3. The van der Waals surface area contributed by atoms with Crippen molar-refractivity contribution in [2.75, 3.05) is 19.6 Å². The summed E-state index contributed by atoms with van der Waals surface area (Å²) in [6.07, 6.45) is -15.8. The summed E-state index contributed by atoms with van der Waals surface area (Å²) < 4.78 is 94.1. The molecular formula is C21H19F7N2O3S. The Bertz CT molecular complexity index is 1080. The molecule has 2 aliphatic rings. The van der Waals surface area contributed by atoms with Crippen LogP contribution in [-0.4, -0.2) is 65.4 Å². The van der Waals surface area contributed by atoms with E-state index < -0.39 is 35.9 Å². The van der Waals surface area contributed by atoms with Crippen molar-refractivity contribution in [1.29, 1.82) is 0 Å². The minimum atomic E-state index is -5.78. The van der Waals surface area contributed by atoms with Crippen LogP contribution in [0.2, 0.25) is 0 Å². The van der Waals surface area contributed by atoms with Crippen molar-refractivity contribution in [1.82, 2.24) is 9.80 Å². The highest BCUT2D eigenvalue weighted by atomic mass is 32.1. The Morgan fingerprint density at radius 1 is 0.971 bits per heavy atom. The quantitative estimate of drug-likeness (QED) is 0.483. The second-order valence-electron chi connectivity index (χ2n) is 8.41. The zero-order chi connectivity index (χ0) is 24.9. The van der Waals surface area contributed by atoms with Crippen LogP contribution in [0.1, 0.15) is 35.4 Å². The molecule has 2 amide bonds. The number of carbonyl (C=O) groups excluding carboxylic acids is 2. The summed E-state index contributed by atoms with van der Waals surface area (Å²) in [6.45, 7) is 0.126. The van der Waals surface area contributed by atoms with Crippen LogP contribution in [0.4, 0.5) is 35.5 Å². The van der Waals surface area contributed by atoms with Crippen molar-refractivity contribution in [3.05, 3.63) is 35.0 Å². The third kappa shape index (κ3) is 4.66. The first-order chi connectivity index (χ1) is 15.8. The Morgan fingerprint density at radius 2 is 1.62 bits per heavy atom. The number of alkyl halides is 6. The van der Waals surface area contributed by atoms with Crippen LogP contribution >= 0.6 is 11.3 Å². The number of hydrogen-bond donors (Lipinski definition) is 0. The van der Waals surface area contributed by atoms with E-state index in [1.54, 1.807) is 17.0 Å². The SMILES string of the molecule is O=C(OC(C(F)(F)F)C(F)(F)F)N1CCC2(CCCN2C(=O)c2cc3ccc(F)cc3s2)CC1. The van der Waals surface area contributed by atoms with Crippen LogP contribution < -0.4 is 0 Å². The van der Waals surface area contributed by atoms with Gasteiger partial charge in [0.2, 0.25) is 0 Å². The van der Waals surface area contributed by atoms with Gasteiger partial charge in [-0.25, -0.2) is 9.18 Å². The fourth-order valence-electron chi connectivity index (χ4n) is 4.62. The normalized spacial score (nSPS) is 18.8. The summed E-state index contributed by atoms with van der Waals surface area (Å²) in [7, 11) is 0. The average Bonchev–Trinajstić information content (AvgIpc) is 3.34. The van der Waals surface area contributed by atoms with Crippen LogP contribution in [0.25, 0.3) is 10.1 Å². The van der Waals surface area contributed by atoms with Crippen LogP contribution in [0.5, 0.6) is 0 Å². The molecule has 2 aromatic rings. The fourth-order valence-corrected chi connectivity index (χ4v) is 5.66. The number of piperidine rings is 1. The Balaban J connectivity index is 1.45. The van der Waals surface area contributed by atoms with Gasteiger partial charge in [-0.05, 0) is 49.3 Å². The number of nitrogens with zero attached hydrogens (tertiary/aromatic N) is 2. The van der Waals surface area contributed by atoms with E-state index in [0.29, 0.717) is 34.3 Å². The highest BCUT2D eigenvalue weighted by Gasteiger charge is 2.60. The number of likely N-dealkylation sites (tertiary alicyclic amines) is 2. The van der Waals surface area contributed by atoms with E-state index in [9.17, 15) is 40.3 Å². The van der Waals surface area contributed by atoms with Crippen molar-refractivity contribution in [2.45, 2.75) is 49.7 Å². The van der Waals surface area contributed by atoms with Gasteiger partial charge in [0.05, 0.1) is 4.88 Å². The number of amides is 2. The molecule has 2 saturated heterocycles. The molecular weight excluding hydrogens is 493 g/mol. The molecule has 0 aliphatic carbocycles. The molecule has 0 N–H and O–H groups in total. The Morgan fingerprint density at radius 3 is 2.24 bits per heavy atom. The summed E-state index contributed by atoms with van der Waals surface area (Å²) in [5, 5.41) is 0.712. The first-order valence-corrected chi connectivity index (χ1v) is 11.2. The minimum Gasteiger partial charge on any atom is -0.426 e. The molecule has 0 saturated carbocycles. The Labute approximate surface area is 193 Å². The Hall–Kier alpha value is -2.57. The third-order valence-electron chi connectivity index (χ3n) is 6.30. The summed E-state index contributed by atoms with van der Waals surface area (Å²) in [5.41, 5.74) is -0.664. The van der Waals surface area contributed by atoms with E-state index >= 15 is 0 Å². The van der Waals surface area contributed by atoms with Gasteiger partial charge in [-0.15, -0.1) is 11.3 Å². The van der Waals surface area contributed by atoms with Gasteiger partial charge < -0.3 is 14.5 Å². The molecule has 2 fully saturated rings. The number of halogens is 7. The molecule has 13 heteroatoms. The van der Waals surface area contributed by atoms with Crippen molar-refractivity contribution < 1.29 is 45.1 Å².